The Hall–Kier alpha value is -2.35. The van der Waals surface area contributed by atoms with Gasteiger partial charge in [-0.15, -0.1) is 0 Å². The summed E-state index contributed by atoms with van der Waals surface area (Å²) in [5.74, 6) is -0.215. The Morgan fingerprint density at radius 3 is 2.29 bits per heavy atom. The molecule has 1 aliphatic carbocycles. The number of carbonyl (C=O) groups excluding carboxylic acids is 1. The molecule has 2 nitrogen and oxygen atoms in total. The number of benzene rings is 1. The molecule has 0 heterocycles. The number of rotatable bonds is 3. The highest BCUT2D eigenvalue weighted by molar-refractivity contribution is 6.09. The monoisotopic (exact) mass is 322 g/mol. The molecule has 2 rings (SSSR count). The third kappa shape index (κ3) is 4.58. The molecule has 1 aromatic carbocycles. The van der Waals surface area contributed by atoms with Crippen LogP contribution in [0.2, 0.25) is 0 Å². The normalized spacial score (nSPS) is 17.4. The third-order valence-electron chi connectivity index (χ3n) is 4.09. The van der Waals surface area contributed by atoms with E-state index in [1.54, 1.807) is 6.08 Å². The van der Waals surface area contributed by atoms with E-state index in [0.717, 1.165) is 0 Å². The molecule has 0 spiro atoms. The molecule has 0 radical (unpaired) electrons. The van der Waals surface area contributed by atoms with Crippen LogP contribution in [-0.2, 0) is 10.2 Å². The van der Waals surface area contributed by atoms with Gasteiger partial charge in [-0.2, -0.15) is 0 Å². The fraction of sp³-hybridized carbons (Fsp3) is 0.318. The van der Waals surface area contributed by atoms with Gasteiger partial charge in [-0.1, -0.05) is 89.3 Å². The third-order valence-corrected chi connectivity index (χ3v) is 4.09. The lowest BCUT2D eigenvalue weighted by atomic mass is 9.86. The van der Waals surface area contributed by atoms with E-state index in [1.165, 1.54) is 11.6 Å². The second-order valence-corrected chi connectivity index (χ2v) is 7.86. The van der Waals surface area contributed by atoms with Gasteiger partial charge in [0.1, 0.15) is 5.76 Å². The quantitative estimate of drug-likeness (QED) is 0.587. The van der Waals surface area contributed by atoms with E-state index in [-0.39, 0.29) is 22.4 Å². The topological polar surface area (TPSA) is 37.3 Å². The molecule has 0 atom stereocenters. The van der Waals surface area contributed by atoms with Crippen molar-refractivity contribution >= 4 is 11.5 Å². The molecule has 0 saturated carbocycles. The number of carbonyl (C=O) groups is 1. The molecule has 126 valence electrons. The van der Waals surface area contributed by atoms with Crippen molar-refractivity contribution < 1.29 is 9.90 Å². The van der Waals surface area contributed by atoms with Crippen LogP contribution in [0.3, 0.4) is 0 Å². The standard InChI is InChI=1S/C22H26O2/c1-21(2,3)18-10-8-17(9-11-18)20(24)15-19(23)16-7-6-13-22(4,5)14-12-16/h6-15,24H,1-5H3/b20-15-. The minimum absolute atomic E-state index is 0.0118. The highest BCUT2D eigenvalue weighted by Gasteiger charge is 2.15. The highest BCUT2D eigenvalue weighted by atomic mass is 16.3. The maximum Gasteiger partial charge on any atom is 0.189 e. The molecule has 0 unspecified atom stereocenters. The average molecular weight is 322 g/mol. The molecule has 0 aliphatic heterocycles. The Morgan fingerprint density at radius 1 is 1.08 bits per heavy atom. The second kappa shape index (κ2) is 6.64. The van der Waals surface area contributed by atoms with Crippen molar-refractivity contribution in [3.05, 3.63) is 77.4 Å². The first-order valence-corrected chi connectivity index (χ1v) is 8.23. The summed E-state index contributed by atoms with van der Waals surface area (Å²) >= 11 is 0. The van der Waals surface area contributed by atoms with Crippen LogP contribution in [0.15, 0.2) is 66.3 Å². The second-order valence-electron chi connectivity index (χ2n) is 7.86. The summed E-state index contributed by atoms with van der Waals surface area (Å²) in [5, 5.41) is 10.3. The molecule has 1 N–H and O–H groups in total. The minimum atomic E-state index is -0.203. The van der Waals surface area contributed by atoms with Crippen molar-refractivity contribution in [1.82, 2.24) is 0 Å². The van der Waals surface area contributed by atoms with Crippen LogP contribution >= 0.6 is 0 Å². The van der Waals surface area contributed by atoms with Crippen molar-refractivity contribution in [2.75, 3.05) is 0 Å². The van der Waals surface area contributed by atoms with Crippen LogP contribution in [0.1, 0.15) is 45.7 Å². The van der Waals surface area contributed by atoms with E-state index in [9.17, 15) is 9.90 Å². The van der Waals surface area contributed by atoms with Gasteiger partial charge < -0.3 is 5.11 Å². The molecule has 24 heavy (non-hydrogen) atoms. The number of ketones is 1. The first kappa shape index (κ1) is 18.0. The molecule has 0 fully saturated rings. The van der Waals surface area contributed by atoms with Crippen molar-refractivity contribution in [3.8, 4) is 0 Å². The van der Waals surface area contributed by atoms with Crippen molar-refractivity contribution in [1.29, 1.82) is 0 Å². The average Bonchev–Trinajstić information content (AvgIpc) is 2.67. The zero-order valence-electron chi connectivity index (χ0n) is 15.1. The number of hydrogen-bond acceptors (Lipinski definition) is 2. The summed E-state index contributed by atoms with van der Waals surface area (Å²) in [6.07, 6.45) is 10.8. The Bertz CT molecular complexity index is 733. The van der Waals surface area contributed by atoms with Gasteiger partial charge in [-0.05, 0) is 11.0 Å². The lowest BCUT2D eigenvalue weighted by Gasteiger charge is -2.19. The molecule has 0 saturated heterocycles. The SMILES string of the molecule is CC1(C)C=CC=C(C(=O)/C=C(\O)c2ccc(C(C)(C)C)cc2)C=C1. The number of allylic oxidation sites excluding steroid dienone is 7. The van der Waals surface area contributed by atoms with Crippen LogP contribution in [-0.4, -0.2) is 10.9 Å². The van der Waals surface area contributed by atoms with Gasteiger partial charge in [-0.3, -0.25) is 4.79 Å². The van der Waals surface area contributed by atoms with E-state index in [4.69, 9.17) is 0 Å². The molecule has 1 aromatic rings. The molecule has 0 amide bonds. The van der Waals surface area contributed by atoms with E-state index in [0.29, 0.717) is 11.1 Å². The van der Waals surface area contributed by atoms with Gasteiger partial charge in [0, 0.05) is 22.6 Å². The molecule has 0 aromatic heterocycles. The number of hydrogen-bond donors (Lipinski definition) is 1. The van der Waals surface area contributed by atoms with E-state index in [1.807, 2.05) is 48.6 Å². The fourth-order valence-corrected chi connectivity index (χ4v) is 2.41. The van der Waals surface area contributed by atoms with Crippen LogP contribution in [0, 0.1) is 5.41 Å². The van der Waals surface area contributed by atoms with Crippen molar-refractivity contribution in [3.63, 3.8) is 0 Å². The first-order chi connectivity index (χ1) is 11.1. The maximum atomic E-state index is 12.4. The van der Waals surface area contributed by atoms with Crippen LogP contribution in [0.4, 0.5) is 0 Å². The van der Waals surface area contributed by atoms with Gasteiger partial charge in [-0.25, -0.2) is 0 Å². The Balaban J connectivity index is 2.20. The molecular formula is C22H26O2. The predicted molar refractivity (Wildman–Crippen MR) is 101 cm³/mol. The molecule has 0 bridgehead atoms. The largest absolute Gasteiger partial charge is 0.507 e. The molecule has 1 aliphatic rings. The van der Waals surface area contributed by atoms with E-state index < -0.39 is 0 Å². The Morgan fingerprint density at radius 2 is 1.71 bits per heavy atom. The summed E-state index contributed by atoms with van der Waals surface area (Å²) in [7, 11) is 0. The lowest BCUT2D eigenvalue weighted by molar-refractivity contribution is -0.111. The molecular weight excluding hydrogens is 296 g/mol. The van der Waals surface area contributed by atoms with Gasteiger partial charge in [0.15, 0.2) is 5.78 Å². The van der Waals surface area contributed by atoms with Crippen molar-refractivity contribution in [2.45, 2.75) is 40.0 Å². The van der Waals surface area contributed by atoms with Crippen LogP contribution in [0.5, 0.6) is 0 Å². The van der Waals surface area contributed by atoms with Crippen LogP contribution < -0.4 is 0 Å². The van der Waals surface area contributed by atoms with Gasteiger partial charge in [0.05, 0.1) is 0 Å². The van der Waals surface area contributed by atoms with Gasteiger partial charge in [0.2, 0.25) is 0 Å². The number of aliphatic hydroxyl groups excluding tert-OH is 1. The summed E-state index contributed by atoms with van der Waals surface area (Å²) < 4.78 is 0. The summed E-state index contributed by atoms with van der Waals surface area (Å²) in [5.41, 5.74) is 2.38. The van der Waals surface area contributed by atoms with Crippen molar-refractivity contribution in [2.24, 2.45) is 5.41 Å². The molecule has 2 heteroatoms. The van der Waals surface area contributed by atoms with E-state index in [2.05, 4.69) is 34.6 Å². The number of aliphatic hydroxyl groups is 1. The van der Waals surface area contributed by atoms with Gasteiger partial charge in [0.25, 0.3) is 0 Å². The maximum absolute atomic E-state index is 12.4. The highest BCUT2D eigenvalue weighted by Crippen LogP contribution is 2.25. The summed E-state index contributed by atoms with van der Waals surface area (Å²) in [6, 6.07) is 7.67. The first-order valence-electron chi connectivity index (χ1n) is 8.23. The Kier molecular flexibility index (Phi) is 4.98. The Labute approximate surface area is 144 Å². The minimum Gasteiger partial charge on any atom is -0.507 e. The summed E-state index contributed by atoms with van der Waals surface area (Å²) in [6.45, 7) is 10.6. The predicted octanol–water partition coefficient (Wildman–Crippen LogP) is 5.53. The van der Waals surface area contributed by atoms with Crippen LogP contribution in [0.25, 0.3) is 5.76 Å². The zero-order chi connectivity index (χ0) is 18.0. The van der Waals surface area contributed by atoms with E-state index >= 15 is 0 Å². The van der Waals surface area contributed by atoms with Gasteiger partial charge >= 0.3 is 0 Å². The lowest BCUT2D eigenvalue weighted by Crippen LogP contribution is -2.10. The zero-order valence-corrected chi connectivity index (χ0v) is 15.1. The smallest absolute Gasteiger partial charge is 0.189 e. The summed E-state index contributed by atoms with van der Waals surface area (Å²) in [4.78, 5) is 12.4. The fourth-order valence-electron chi connectivity index (χ4n) is 2.41.